The molecule has 1 aromatic heterocycles. The van der Waals surface area contributed by atoms with E-state index in [0.717, 1.165) is 44.3 Å². The minimum atomic E-state index is -0.165. The van der Waals surface area contributed by atoms with Gasteiger partial charge in [0.1, 0.15) is 0 Å². The second-order valence-corrected chi connectivity index (χ2v) is 8.77. The van der Waals surface area contributed by atoms with E-state index in [0.29, 0.717) is 24.8 Å². The van der Waals surface area contributed by atoms with Crippen molar-refractivity contribution in [2.75, 3.05) is 19.6 Å². The molecule has 0 aromatic carbocycles. The third-order valence-corrected chi connectivity index (χ3v) is 7.10. The monoisotopic (exact) mass is 388 g/mol. The number of amides is 2. The molecule has 2 amide bonds. The molecule has 3 aliphatic rings. The average Bonchev–Trinajstić information content (AvgIpc) is 3.43. The predicted octanol–water partition coefficient (Wildman–Crippen LogP) is 3.23. The number of allylic oxidation sites excluding steroid dienone is 2. The molecule has 4 heterocycles. The van der Waals surface area contributed by atoms with Gasteiger partial charge in [0.25, 0.3) is 5.91 Å². The summed E-state index contributed by atoms with van der Waals surface area (Å²) >= 11 is 1.53. The fourth-order valence-electron chi connectivity index (χ4n) is 5.06. The highest BCUT2D eigenvalue weighted by Gasteiger charge is 2.63. The molecule has 0 saturated carbocycles. The maximum Gasteiger partial charge on any atom is 0.252 e. The van der Waals surface area contributed by atoms with Crippen LogP contribution in [0.1, 0.15) is 49.4 Å². The van der Waals surface area contributed by atoms with Gasteiger partial charge < -0.3 is 15.0 Å². The lowest BCUT2D eigenvalue weighted by Gasteiger charge is -2.29. The Balaban J connectivity index is 1.35. The van der Waals surface area contributed by atoms with Crippen LogP contribution in [-0.2, 0) is 9.53 Å². The Morgan fingerprint density at radius 3 is 3.15 bits per heavy atom. The number of hydrogen-bond acceptors (Lipinski definition) is 4. The van der Waals surface area contributed by atoms with Crippen LogP contribution in [0.3, 0.4) is 0 Å². The van der Waals surface area contributed by atoms with Crippen LogP contribution in [-0.4, -0.2) is 48.1 Å². The molecule has 0 unspecified atom stereocenters. The summed E-state index contributed by atoms with van der Waals surface area (Å²) in [5.41, 5.74) is 0.560. The molecule has 4 atom stereocenters. The van der Waals surface area contributed by atoms with Crippen LogP contribution >= 0.6 is 11.3 Å². The zero-order chi connectivity index (χ0) is 18.9. The third-order valence-electron chi connectivity index (χ3n) is 6.42. The van der Waals surface area contributed by atoms with Gasteiger partial charge in [-0.2, -0.15) is 11.3 Å². The number of likely N-dealkylation sites (tertiary alicyclic amines) is 1. The van der Waals surface area contributed by atoms with Gasteiger partial charge in [0.15, 0.2) is 0 Å². The van der Waals surface area contributed by atoms with Crippen molar-refractivity contribution in [1.82, 2.24) is 10.2 Å². The second kappa shape index (κ2) is 7.76. The van der Waals surface area contributed by atoms with E-state index in [4.69, 9.17) is 4.74 Å². The lowest BCUT2D eigenvalue weighted by atomic mass is 9.73. The van der Waals surface area contributed by atoms with E-state index in [-0.39, 0.29) is 23.5 Å². The molecule has 1 spiro atoms. The van der Waals surface area contributed by atoms with Gasteiger partial charge in [-0.25, -0.2) is 0 Å². The Bertz CT molecular complexity index is 717. The van der Waals surface area contributed by atoms with E-state index >= 15 is 0 Å². The first-order chi connectivity index (χ1) is 13.1. The van der Waals surface area contributed by atoms with Crippen LogP contribution in [0.2, 0.25) is 0 Å². The van der Waals surface area contributed by atoms with Crippen LogP contribution in [0.4, 0.5) is 0 Å². The fraction of sp³-hybridized carbons (Fsp3) is 0.619. The smallest absolute Gasteiger partial charge is 0.252 e. The summed E-state index contributed by atoms with van der Waals surface area (Å²) < 4.78 is 6.39. The lowest BCUT2D eigenvalue weighted by Crippen LogP contribution is -2.41. The summed E-state index contributed by atoms with van der Waals surface area (Å²) in [6.45, 7) is 4.15. The summed E-state index contributed by atoms with van der Waals surface area (Å²) in [6, 6.07) is 1.85. The number of thiophene rings is 1. The van der Waals surface area contributed by atoms with Crippen molar-refractivity contribution in [1.29, 1.82) is 0 Å². The molecule has 3 aliphatic heterocycles. The Hall–Kier alpha value is -1.66. The van der Waals surface area contributed by atoms with E-state index in [1.165, 1.54) is 11.3 Å². The molecule has 27 heavy (non-hydrogen) atoms. The molecule has 3 saturated heterocycles. The molecule has 4 rings (SSSR count). The molecule has 1 N–H and O–H groups in total. The van der Waals surface area contributed by atoms with E-state index in [2.05, 4.69) is 11.4 Å². The van der Waals surface area contributed by atoms with Crippen LogP contribution in [0, 0.1) is 11.8 Å². The maximum atomic E-state index is 12.6. The number of carbonyl (C=O) groups excluding carboxylic acids is 2. The summed E-state index contributed by atoms with van der Waals surface area (Å²) in [5, 5.41) is 6.88. The largest absolute Gasteiger partial charge is 0.369 e. The first-order valence-corrected chi connectivity index (χ1v) is 10.9. The number of rotatable bonds is 7. The van der Waals surface area contributed by atoms with Crippen LogP contribution in [0.15, 0.2) is 29.0 Å². The van der Waals surface area contributed by atoms with Gasteiger partial charge in [0.2, 0.25) is 5.91 Å². The molecular formula is C21H28N2O3S. The number of unbranched alkanes of at least 4 members (excludes halogenated alkanes) is 1. The van der Waals surface area contributed by atoms with Crippen LogP contribution in [0.25, 0.3) is 0 Å². The van der Waals surface area contributed by atoms with Crippen molar-refractivity contribution >= 4 is 23.2 Å². The Kier molecular flexibility index (Phi) is 5.37. The second-order valence-electron chi connectivity index (χ2n) is 7.99. The first kappa shape index (κ1) is 18.7. The van der Waals surface area contributed by atoms with Crippen LogP contribution in [0.5, 0.6) is 0 Å². The molecule has 1 aromatic rings. The first-order valence-electron chi connectivity index (χ1n) is 10.00. The van der Waals surface area contributed by atoms with Gasteiger partial charge in [-0.15, -0.1) is 0 Å². The third kappa shape index (κ3) is 3.57. The van der Waals surface area contributed by atoms with E-state index in [1.54, 1.807) is 0 Å². The quantitative estimate of drug-likeness (QED) is 0.576. The van der Waals surface area contributed by atoms with Crippen molar-refractivity contribution in [3.8, 4) is 0 Å². The number of nitrogens with zero attached hydrogens (tertiary/aromatic N) is 1. The number of ether oxygens (including phenoxy) is 1. The summed E-state index contributed by atoms with van der Waals surface area (Å²) in [6.07, 6.45) is 8.92. The van der Waals surface area contributed by atoms with Gasteiger partial charge >= 0.3 is 0 Å². The van der Waals surface area contributed by atoms with Crippen LogP contribution < -0.4 is 5.32 Å². The predicted molar refractivity (Wildman–Crippen MR) is 106 cm³/mol. The van der Waals surface area contributed by atoms with E-state index in [1.807, 2.05) is 34.7 Å². The Morgan fingerprint density at radius 1 is 1.48 bits per heavy atom. The van der Waals surface area contributed by atoms with Crippen molar-refractivity contribution in [3.05, 3.63) is 34.5 Å². The molecule has 6 heteroatoms. The minimum absolute atomic E-state index is 0.0111. The van der Waals surface area contributed by atoms with Gasteiger partial charge in [0, 0.05) is 42.3 Å². The molecular weight excluding hydrogens is 360 g/mol. The molecule has 0 aliphatic carbocycles. The standard InChI is InChI=1S/C21H28N2O3S/c1-2-3-4-5-6-19(24)23-12-17-16(18-7-9-21(17,14-23)26-18)11-22-20(25)15-8-10-27-13-15/h2-3,8,10,13,16-18H,4-7,9,11-12,14H2,1H3,(H,22,25)/b3-2+/t16-,17+,18+,21+/m0/s1. The summed E-state index contributed by atoms with van der Waals surface area (Å²) in [4.78, 5) is 26.9. The SMILES string of the molecule is C/C=C/CCCC(=O)N1C[C@@H]2[C@H](CNC(=O)c3ccsc3)[C@H]3CC[C@]2(C1)O3. The topological polar surface area (TPSA) is 58.6 Å². The highest BCUT2D eigenvalue weighted by molar-refractivity contribution is 7.08. The number of hydrogen-bond donors (Lipinski definition) is 1. The Morgan fingerprint density at radius 2 is 2.37 bits per heavy atom. The van der Waals surface area contributed by atoms with Gasteiger partial charge in [0.05, 0.1) is 18.2 Å². The summed E-state index contributed by atoms with van der Waals surface area (Å²) in [7, 11) is 0. The molecule has 3 fully saturated rings. The lowest BCUT2D eigenvalue weighted by molar-refractivity contribution is -0.131. The maximum absolute atomic E-state index is 12.6. The van der Waals surface area contributed by atoms with Gasteiger partial charge in [-0.3, -0.25) is 9.59 Å². The zero-order valence-electron chi connectivity index (χ0n) is 15.9. The van der Waals surface area contributed by atoms with Crippen molar-refractivity contribution in [2.24, 2.45) is 11.8 Å². The Labute approximate surface area is 164 Å². The summed E-state index contributed by atoms with van der Waals surface area (Å²) in [5.74, 6) is 0.889. The fourth-order valence-corrected chi connectivity index (χ4v) is 5.69. The normalized spacial score (nSPS) is 31.6. The van der Waals surface area contributed by atoms with Crippen molar-refractivity contribution < 1.29 is 14.3 Å². The molecule has 5 nitrogen and oxygen atoms in total. The molecule has 146 valence electrons. The average molecular weight is 389 g/mol. The zero-order valence-corrected chi connectivity index (χ0v) is 16.7. The number of nitrogens with one attached hydrogen (secondary N) is 1. The van der Waals surface area contributed by atoms with Crippen molar-refractivity contribution in [2.45, 2.75) is 50.7 Å². The van der Waals surface area contributed by atoms with E-state index in [9.17, 15) is 9.59 Å². The van der Waals surface area contributed by atoms with E-state index < -0.39 is 0 Å². The van der Waals surface area contributed by atoms with Gasteiger partial charge in [-0.1, -0.05) is 12.2 Å². The molecule has 2 bridgehead atoms. The van der Waals surface area contributed by atoms with Crippen molar-refractivity contribution in [3.63, 3.8) is 0 Å². The molecule has 0 radical (unpaired) electrons. The highest BCUT2D eigenvalue weighted by atomic mass is 32.1. The number of carbonyl (C=O) groups is 2. The minimum Gasteiger partial charge on any atom is -0.369 e. The number of fused-ring (bicyclic) bond motifs is 1. The van der Waals surface area contributed by atoms with Gasteiger partial charge in [-0.05, 0) is 44.1 Å². The highest BCUT2D eigenvalue weighted by Crippen LogP contribution is 2.54.